The quantitative estimate of drug-likeness (QED) is 0.850. The Hall–Kier alpha value is -2.51. The molecule has 2 amide bonds. The number of nitrogens with one attached hydrogen (secondary N) is 2. The fourth-order valence-corrected chi connectivity index (χ4v) is 3.50. The SMILES string of the molecule is CCn1ncc(NC(=O)N[C@@H]2[C@@H](c3ccccc3)C2(C)C)c1C(F)(F)F. The van der Waals surface area contributed by atoms with Crippen LogP contribution >= 0.6 is 0 Å². The molecule has 1 aliphatic rings. The highest BCUT2D eigenvalue weighted by molar-refractivity contribution is 5.90. The number of nitrogens with zero attached hydrogens (tertiary/aromatic N) is 2. The van der Waals surface area contributed by atoms with Gasteiger partial charge in [-0.25, -0.2) is 4.79 Å². The van der Waals surface area contributed by atoms with E-state index in [9.17, 15) is 18.0 Å². The fourth-order valence-electron chi connectivity index (χ4n) is 3.50. The van der Waals surface area contributed by atoms with Gasteiger partial charge in [-0.15, -0.1) is 0 Å². The number of halogens is 3. The van der Waals surface area contributed by atoms with Crippen LogP contribution < -0.4 is 10.6 Å². The van der Waals surface area contributed by atoms with Crippen molar-refractivity contribution in [3.05, 3.63) is 47.8 Å². The second kappa shape index (κ2) is 6.34. The number of benzene rings is 1. The molecule has 0 spiro atoms. The van der Waals surface area contributed by atoms with Crippen LogP contribution in [-0.2, 0) is 12.7 Å². The first-order valence-corrected chi connectivity index (χ1v) is 8.41. The topological polar surface area (TPSA) is 59.0 Å². The Bertz CT molecular complexity index is 799. The minimum atomic E-state index is -4.60. The molecule has 1 aliphatic carbocycles. The van der Waals surface area contributed by atoms with E-state index in [1.165, 1.54) is 0 Å². The van der Waals surface area contributed by atoms with Crippen molar-refractivity contribution in [1.29, 1.82) is 0 Å². The van der Waals surface area contributed by atoms with E-state index in [1.807, 2.05) is 44.2 Å². The van der Waals surface area contributed by atoms with Gasteiger partial charge in [0.2, 0.25) is 0 Å². The van der Waals surface area contributed by atoms with Crippen molar-refractivity contribution in [3.8, 4) is 0 Å². The van der Waals surface area contributed by atoms with Crippen LogP contribution in [0.4, 0.5) is 23.7 Å². The third kappa shape index (κ3) is 3.27. The van der Waals surface area contributed by atoms with Gasteiger partial charge in [-0.3, -0.25) is 4.68 Å². The maximum Gasteiger partial charge on any atom is 0.435 e. The first-order valence-electron chi connectivity index (χ1n) is 8.41. The minimum absolute atomic E-state index is 0.0594. The van der Waals surface area contributed by atoms with Gasteiger partial charge in [0.15, 0.2) is 5.69 Å². The molecule has 1 aromatic heterocycles. The summed E-state index contributed by atoms with van der Waals surface area (Å²) in [6.45, 7) is 5.66. The number of rotatable bonds is 4. The van der Waals surface area contributed by atoms with Gasteiger partial charge in [0.1, 0.15) is 0 Å². The Morgan fingerprint density at radius 1 is 1.27 bits per heavy atom. The molecule has 0 radical (unpaired) electrons. The second-order valence-electron chi connectivity index (χ2n) is 7.01. The molecule has 0 saturated heterocycles. The standard InChI is InChI=1S/C18H21F3N4O/c1-4-25-15(18(19,20)21)12(10-22-25)23-16(26)24-14-13(17(14,2)3)11-8-6-5-7-9-11/h5-10,13-14H,4H2,1-3H3,(H2,23,24,26)/t13-,14-/m1/s1. The molecule has 1 aromatic carbocycles. The molecule has 26 heavy (non-hydrogen) atoms. The number of hydrogen-bond donors (Lipinski definition) is 2. The van der Waals surface area contributed by atoms with E-state index in [-0.39, 0.29) is 29.6 Å². The fraction of sp³-hybridized carbons (Fsp3) is 0.444. The highest BCUT2D eigenvalue weighted by Crippen LogP contribution is 2.58. The zero-order chi connectivity index (χ0) is 19.1. The van der Waals surface area contributed by atoms with Crippen LogP contribution in [0.15, 0.2) is 36.5 Å². The normalized spacial score (nSPS) is 21.3. The van der Waals surface area contributed by atoms with Gasteiger partial charge in [0.05, 0.1) is 11.9 Å². The molecular weight excluding hydrogens is 345 g/mol. The predicted octanol–water partition coefficient (Wildman–Crippen LogP) is 4.24. The number of anilines is 1. The number of aryl methyl sites for hydroxylation is 1. The smallest absolute Gasteiger partial charge is 0.334 e. The number of urea groups is 1. The number of hydrogen-bond acceptors (Lipinski definition) is 2. The number of amides is 2. The van der Waals surface area contributed by atoms with E-state index >= 15 is 0 Å². The summed E-state index contributed by atoms with van der Waals surface area (Å²) >= 11 is 0. The molecule has 2 aromatic rings. The zero-order valence-corrected chi connectivity index (χ0v) is 14.8. The summed E-state index contributed by atoms with van der Waals surface area (Å²) in [5.74, 6) is 0.120. The molecule has 1 heterocycles. The molecule has 5 nitrogen and oxygen atoms in total. The second-order valence-corrected chi connectivity index (χ2v) is 7.01. The first-order chi connectivity index (χ1) is 12.2. The van der Waals surface area contributed by atoms with Gasteiger partial charge >= 0.3 is 12.2 Å². The van der Waals surface area contributed by atoms with Crippen LogP contribution in [0.3, 0.4) is 0 Å². The summed E-state index contributed by atoms with van der Waals surface area (Å²) in [7, 11) is 0. The van der Waals surface area contributed by atoms with Crippen molar-refractivity contribution in [1.82, 2.24) is 15.1 Å². The van der Waals surface area contributed by atoms with Gasteiger partial charge in [-0.2, -0.15) is 18.3 Å². The molecule has 1 fully saturated rings. The predicted molar refractivity (Wildman–Crippen MR) is 91.8 cm³/mol. The van der Waals surface area contributed by atoms with Crippen molar-refractivity contribution < 1.29 is 18.0 Å². The molecule has 2 N–H and O–H groups in total. The average molecular weight is 366 g/mol. The molecule has 140 valence electrons. The third-order valence-corrected chi connectivity index (χ3v) is 4.93. The lowest BCUT2D eigenvalue weighted by Crippen LogP contribution is -2.33. The first kappa shape index (κ1) is 18.3. The van der Waals surface area contributed by atoms with Crippen LogP contribution in [-0.4, -0.2) is 21.9 Å². The molecule has 0 unspecified atom stereocenters. The van der Waals surface area contributed by atoms with E-state index < -0.39 is 17.9 Å². The number of carbonyl (C=O) groups excluding carboxylic acids is 1. The van der Waals surface area contributed by atoms with E-state index in [0.717, 1.165) is 16.4 Å². The Balaban J connectivity index is 1.72. The van der Waals surface area contributed by atoms with E-state index in [4.69, 9.17) is 0 Å². The highest BCUT2D eigenvalue weighted by atomic mass is 19.4. The largest absolute Gasteiger partial charge is 0.435 e. The van der Waals surface area contributed by atoms with Crippen LogP contribution in [0.25, 0.3) is 0 Å². The van der Waals surface area contributed by atoms with E-state index in [0.29, 0.717) is 0 Å². The zero-order valence-electron chi connectivity index (χ0n) is 14.8. The highest BCUT2D eigenvalue weighted by Gasteiger charge is 2.59. The van der Waals surface area contributed by atoms with Crippen molar-refractivity contribution in [2.45, 2.75) is 45.5 Å². The lowest BCUT2D eigenvalue weighted by Gasteiger charge is -2.13. The lowest BCUT2D eigenvalue weighted by molar-refractivity contribution is -0.143. The Morgan fingerprint density at radius 2 is 1.92 bits per heavy atom. The molecular formula is C18H21F3N4O. The summed E-state index contributed by atoms with van der Waals surface area (Å²) in [5, 5.41) is 8.79. The maximum atomic E-state index is 13.2. The van der Waals surface area contributed by atoms with Gasteiger partial charge in [0, 0.05) is 18.5 Å². The van der Waals surface area contributed by atoms with Crippen molar-refractivity contribution in [3.63, 3.8) is 0 Å². The summed E-state index contributed by atoms with van der Waals surface area (Å²) in [6, 6.07) is 8.92. The van der Waals surface area contributed by atoms with Gasteiger partial charge < -0.3 is 10.6 Å². The molecule has 0 bridgehead atoms. The van der Waals surface area contributed by atoms with Gasteiger partial charge in [0.25, 0.3) is 0 Å². The summed E-state index contributed by atoms with van der Waals surface area (Å²) in [4.78, 5) is 12.3. The third-order valence-electron chi connectivity index (χ3n) is 4.93. The monoisotopic (exact) mass is 366 g/mol. The Morgan fingerprint density at radius 3 is 2.50 bits per heavy atom. The van der Waals surface area contributed by atoms with Crippen molar-refractivity contribution in [2.24, 2.45) is 5.41 Å². The molecule has 8 heteroatoms. The van der Waals surface area contributed by atoms with Crippen LogP contribution in [0, 0.1) is 5.41 Å². The lowest BCUT2D eigenvalue weighted by atomic mass is 10.0. The number of aromatic nitrogens is 2. The molecule has 1 saturated carbocycles. The van der Waals surface area contributed by atoms with Crippen LogP contribution in [0.1, 0.15) is 37.9 Å². The van der Waals surface area contributed by atoms with E-state index in [2.05, 4.69) is 15.7 Å². The minimum Gasteiger partial charge on any atom is -0.334 e. The average Bonchev–Trinajstić information content (AvgIpc) is 2.91. The Labute approximate surface area is 149 Å². The molecule has 2 atom stereocenters. The Kier molecular flexibility index (Phi) is 4.46. The van der Waals surface area contributed by atoms with Crippen molar-refractivity contribution >= 4 is 11.7 Å². The van der Waals surface area contributed by atoms with Crippen LogP contribution in [0.5, 0.6) is 0 Å². The maximum absolute atomic E-state index is 13.2. The molecule has 0 aliphatic heterocycles. The summed E-state index contributed by atoms with van der Waals surface area (Å²) in [6.07, 6.45) is -3.57. The summed E-state index contributed by atoms with van der Waals surface area (Å²) < 4.78 is 40.5. The van der Waals surface area contributed by atoms with Gasteiger partial charge in [-0.05, 0) is 17.9 Å². The summed E-state index contributed by atoms with van der Waals surface area (Å²) in [5.41, 5.74) is -0.368. The van der Waals surface area contributed by atoms with E-state index in [1.54, 1.807) is 6.92 Å². The van der Waals surface area contributed by atoms with Crippen LogP contribution in [0.2, 0.25) is 0 Å². The van der Waals surface area contributed by atoms with Gasteiger partial charge in [-0.1, -0.05) is 44.2 Å². The van der Waals surface area contributed by atoms with Crippen molar-refractivity contribution in [2.75, 3.05) is 5.32 Å². The number of carbonyl (C=O) groups is 1. The number of alkyl halides is 3. The molecule has 3 rings (SSSR count).